The van der Waals surface area contributed by atoms with Gasteiger partial charge in [-0.05, 0) is 146 Å². The van der Waals surface area contributed by atoms with E-state index in [1.54, 1.807) is 72.8 Å². The molecule has 3 saturated heterocycles. The molecule has 0 bridgehead atoms. The number of ether oxygens (including phenoxy) is 9. The van der Waals surface area contributed by atoms with Crippen LogP contribution < -0.4 is 0 Å². The van der Waals surface area contributed by atoms with Crippen LogP contribution in [-0.4, -0.2) is 116 Å². The summed E-state index contributed by atoms with van der Waals surface area (Å²) in [6.07, 6.45) is 2.04. The number of aliphatic hydroxyl groups is 1. The van der Waals surface area contributed by atoms with Crippen molar-refractivity contribution >= 4 is 29.5 Å². The zero-order valence-electron chi connectivity index (χ0n) is 52.4. The van der Waals surface area contributed by atoms with Crippen LogP contribution in [0.15, 0.2) is 91.0 Å². The van der Waals surface area contributed by atoms with Gasteiger partial charge in [0.05, 0.1) is 48.2 Å². The van der Waals surface area contributed by atoms with Crippen LogP contribution in [0.4, 0.5) is 0 Å². The molecule has 10 rings (SSSR count). The molecule has 0 radical (unpaired) electrons. The molecule has 24 atom stereocenters. The number of fused-ring (bicyclic) bond motifs is 5. The molecule has 3 aromatic rings. The molecule has 470 valence electrons. The lowest BCUT2D eigenvalue weighted by Crippen LogP contribution is -2.60. The van der Waals surface area contributed by atoms with Gasteiger partial charge < -0.3 is 47.7 Å². The van der Waals surface area contributed by atoms with Gasteiger partial charge in [0.2, 0.25) is 0 Å². The molecule has 13 unspecified atom stereocenters. The predicted octanol–water partition coefficient (Wildman–Crippen LogP) is 12.3. The summed E-state index contributed by atoms with van der Waals surface area (Å²) >= 11 is 0. The molecule has 15 nitrogen and oxygen atoms in total. The third kappa shape index (κ3) is 13.4. The van der Waals surface area contributed by atoms with E-state index in [-0.39, 0.29) is 84.0 Å². The fraction of sp³-hybridized carbons (Fsp3) is 0.676. The van der Waals surface area contributed by atoms with Crippen LogP contribution in [0.25, 0.3) is 0 Å². The van der Waals surface area contributed by atoms with Gasteiger partial charge in [-0.1, -0.05) is 124 Å². The molecule has 0 amide bonds. The van der Waals surface area contributed by atoms with Crippen LogP contribution in [0, 0.1) is 81.8 Å². The highest BCUT2D eigenvalue weighted by molar-refractivity contribution is 5.92. The smallest absolute Gasteiger partial charge is 0.338 e. The molecule has 15 heteroatoms. The zero-order chi connectivity index (χ0) is 61.2. The summed E-state index contributed by atoms with van der Waals surface area (Å²) in [6.45, 7) is 21.7. The first-order valence-corrected chi connectivity index (χ1v) is 32.5. The predicted molar refractivity (Wildman–Crippen MR) is 321 cm³/mol. The molecule has 86 heavy (non-hydrogen) atoms. The highest BCUT2D eigenvalue weighted by Crippen LogP contribution is 2.68. The molecule has 0 spiro atoms. The van der Waals surface area contributed by atoms with Crippen molar-refractivity contribution in [1.82, 2.24) is 0 Å². The number of rotatable bonds is 20. The molecule has 7 aliphatic rings. The molecular formula is C71H96O15. The van der Waals surface area contributed by atoms with Gasteiger partial charge in [0.25, 0.3) is 0 Å². The van der Waals surface area contributed by atoms with Crippen molar-refractivity contribution in [3.05, 3.63) is 108 Å². The van der Waals surface area contributed by atoms with Gasteiger partial charge in [-0.15, -0.1) is 0 Å². The summed E-state index contributed by atoms with van der Waals surface area (Å²) in [6, 6.07) is 26.1. The minimum absolute atomic E-state index is 0.0402. The molecule has 4 aliphatic carbocycles. The molecule has 0 aromatic heterocycles. The molecule has 4 saturated carbocycles. The Hall–Kier alpha value is -4.87. The number of hydrogen-bond acceptors (Lipinski definition) is 15. The van der Waals surface area contributed by atoms with Gasteiger partial charge in [0, 0.05) is 42.4 Å². The van der Waals surface area contributed by atoms with E-state index in [0.29, 0.717) is 65.5 Å². The molecule has 1 N–H and O–H groups in total. The average Bonchev–Trinajstić information content (AvgIpc) is 1.44. The number of carbonyl (C=O) groups excluding carboxylic acids is 5. The highest BCUT2D eigenvalue weighted by atomic mass is 16.7. The molecular weight excluding hydrogens is 1090 g/mol. The normalized spacial score (nSPS) is 39.4. The van der Waals surface area contributed by atoms with Gasteiger partial charge in [0.1, 0.15) is 36.5 Å². The van der Waals surface area contributed by atoms with Crippen LogP contribution in [0.2, 0.25) is 0 Å². The van der Waals surface area contributed by atoms with Gasteiger partial charge in [-0.3, -0.25) is 9.59 Å². The lowest BCUT2D eigenvalue weighted by Gasteiger charge is -2.61. The SMILES string of the molecule is CCC1O[C@@H](OC2[C@H](OC3CCC4(C)C(CCC5C4CCC4(C)C5CC(=O)C4[C@H](C)C(=O)CC[C@H](C)CO[C@@H]4OC[C@H](C)[C@H](OC(=O)c5ccccc5)C4OC(=O)c4ccccc4)C3)OC(COC(=O)c3ccccc3)[C@H](O)[C@@H]2C)C(C)[C@@H](C)[C@H]1C. The maximum absolute atomic E-state index is 14.5. The van der Waals surface area contributed by atoms with E-state index >= 15 is 0 Å². The number of benzene rings is 3. The quantitative estimate of drug-likeness (QED) is 0.0638. The van der Waals surface area contributed by atoms with Crippen LogP contribution in [-0.2, 0) is 52.2 Å². The largest absolute Gasteiger partial charge is 0.459 e. The van der Waals surface area contributed by atoms with E-state index in [0.717, 1.165) is 51.4 Å². The lowest BCUT2D eigenvalue weighted by atomic mass is 9.44. The maximum atomic E-state index is 14.5. The summed E-state index contributed by atoms with van der Waals surface area (Å²) in [5.74, 6) is -0.612. The molecule has 3 aliphatic heterocycles. The first-order chi connectivity index (χ1) is 41.2. The summed E-state index contributed by atoms with van der Waals surface area (Å²) in [4.78, 5) is 68.8. The second kappa shape index (κ2) is 27.5. The topological polar surface area (TPSA) is 189 Å². The fourth-order valence-electron chi connectivity index (χ4n) is 16.9. The van der Waals surface area contributed by atoms with Crippen LogP contribution in [0.5, 0.6) is 0 Å². The zero-order valence-corrected chi connectivity index (χ0v) is 52.4. The first kappa shape index (κ1) is 64.1. The van der Waals surface area contributed by atoms with Gasteiger partial charge in [-0.2, -0.15) is 0 Å². The number of Topliss-reactive ketones (excluding diaryl/α,β-unsaturated/α-hetero) is 2. The van der Waals surface area contributed by atoms with E-state index in [1.165, 1.54) is 0 Å². The third-order valence-corrected chi connectivity index (χ3v) is 22.6. The minimum Gasteiger partial charge on any atom is -0.459 e. The first-order valence-electron chi connectivity index (χ1n) is 32.5. The van der Waals surface area contributed by atoms with Crippen molar-refractivity contribution in [3.8, 4) is 0 Å². The average molecular weight is 1190 g/mol. The Labute approximate surface area is 509 Å². The number of aliphatic hydroxyl groups excluding tert-OH is 1. The number of ketones is 2. The van der Waals surface area contributed by atoms with Crippen LogP contribution in [0.1, 0.15) is 171 Å². The summed E-state index contributed by atoms with van der Waals surface area (Å²) < 4.78 is 57.8. The summed E-state index contributed by atoms with van der Waals surface area (Å²) in [5.41, 5.74) is 0.922. The Morgan fingerprint density at radius 3 is 1.90 bits per heavy atom. The summed E-state index contributed by atoms with van der Waals surface area (Å²) in [7, 11) is 0. The summed E-state index contributed by atoms with van der Waals surface area (Å²) in [5, 5.41) is 11.8. The standard InChI is InChI=1S/C71H96O15/c1-11-57-43(5)42(4)44(6)67(82-57)86-62-46(8)60(74)58(39-78-64(75)47-21-15-12-16-22-47)83-69(62)81-51-31-33-70(9)50(35-51)28-29-52-53(70)32-34-71(10)54(52)36-56(73)59(71)45(7)55(72)30-27-40(2)37-79-68-63(85-66(77)49-25-19-14-20-26-49)61(41(3)38-80-68)84-65(76)48-23-17-13-18-24-48/h12-26,40-46,50-54,57-63,67-69,74H,11,27-39H2,1-10H3/t40-,41-,42-,43+,44?,45+,46-,50?,51?,52?,53?,54?,57?,58?,59?,60+,61-,62?,63?,67-,68+,69+,70?,71?/m0/s1. The van der Waals surface area contributed by atoms with Crippen LogP contribution >= 0.6 is 0 Å². The molecule has 3 aromatic carbocycles. The number of carbonyl (C=O) groups is 5. The van der Waals surface area contributed by atoms with Crippen molar-refractivity contribution in [2.45, 2.75) is 201 Å². The highest BCUT2D eigenvalue weighted by Gasteiger charge is 2.64. The van der Waals surface area contributed by atoms with E-state index in [4.69, 9.17) is 42.6 Å². The Kier molecular flexibility index (Phi) is 20.5. The van der Waals surface area contributed by atoms with E-state index in [1.807, 2.05) is 45.9 Å². The van der Waals surface area contributed by atoms with Gasteiger partial charge >= 0.3 is 17.9 Å². The van der Waals surface area contributed by atoms with E-state index in [2.05, 4.69) is 41.5 Å². The van der Waals surface area contributed by atoms with Crippen molar-refractivity contribution in [3.63, 3.8) is 0 Å². The fourth-order valence-corrected chi connectivity index (χ4v) is 16.9. The van der Waals surface area contributed by atoms with Crippen molar-refractivity contribution < 1.29 is 71.7 Å². The van der Waals surface area contributed by atoms with Crippen molar-refractivity contribution in [1.29, 1.82) is 0 Å². The lowest BCUT2D eigenvalue weighted by molar-refractivity contribution is -0.353. The molecule has 3 heterocycles. The second-order valence-electron chi connectivity index (χ2n) is 27.8. The molecule has 7 fully saturated rings. The Balaban J connectivity index is 0.753. The Morgan fingerprint density at radius 1 is 0.651 bits per heavy atom. The Bertz CT molecular complexity index is 2780. The van der Waals surface area contributed by atoms with Crippen molar-refractivity contribution in [2.24, 2.45) is 81.8 Å². The van der Waals surface area contributed by atoms with Crippen molar-refractivity contribution in [2.75, 3.05) is 19.8 Å². The number of esters is 3. The van der Waals surface area contributed by atoms with Gasteiger partial charge in [0.15, 0.2) is 25.0 Å². The minimum atomic E-state index is -1.06. The third-order valence-electron chi connectivity index (χ3n) is 22.6. The van der Waals surface area contributed by atoms with Gasteiger partial charge in [-0.25, -0.2) is 14.4 Å². The van der Waals surface area contributed by atoms with E-state index in [9.17, 15) is 29.1 Å². The Morgan fingerprint density at radius 2 is 1.26 bits per heavy atom. The van der Waals surface area contributed by atoms with Crippen LogP contribution in [0.3, 0.4) is 0 Å². The number of hydrogen-bond donors (Lipinski definition) is 1. The van der Waals surface area contributed by atoms with E-state index < -0.39 is 79.1 Å². The maximum Gasteiger partial charge on any atom is 0.338 e. The second-order valence-corrected chi connectivity index (χ2v) is 27.8. The monoisotopic (exact) mass is 1190 g/mol.